The number of unbranched alkanes of at least 4 members (excludes halogenated alkanes) is 15. The monoisotopic (exact) mass is 397 g/mol. The number of likely N-dealkylation sites (N-methyl/N-ethyl adjacent to an activating group) is 1. The minimum atomic E-state index is 0.157. The Bertz CT molecular complexity index is 335. The van der Waals surface area contributed by atoms with Crippen LogP contribution in [-0.4, -0.2) is 36.7 Å². The predicted octanol–water partition coefficient (Wildman–Crippen LogP) is 7.84. The minimum Gasteiger partial charge on any atom is -0.323 e. The van der Waals surface area contributed by atoms with E-state index in [1.807, 2.05) is 0 Å². The molecule has 0 aromatic rings. The lowest BCUT2D eigenvalue weighted by Crippen LogP contribution is -2.64. The van der Waals surface area contributed by atoms with Crippen LogP contribution in [0.3, 0.4) is 0 Å². The van der Waals surface area contributed by atoms with Gasteiger partial charge in [0, 0.05) is 0 Å². The van der Waals surface area contributed by atoms with E-state index in [2.05, 4.69) is 41.8 Å². The fraction of sp³-hybridized carbons (Fsp3) is 1.00. The Balaban J connectivity index is 3.46. The molecular formula is C26H57N2+. The summed E-state index contributed by atoms with van der Waals surface area (Å²) in [6.45, 7) is 10.4. The smallest absolute Gasteiger partial charge is 0.108 e. The van der Waals surface area contributed by atoms with Crippen molar-refractivity contribution in [2.45, 2.75) is 148 Å². The highest BCUT2D eigenvalue weighted by atomic mass is 15.4. The molecule has 0 aromatic carbocycles. The molecule has 0 saturated carbocycles. The average Bonchev–Trinajstić information content (AvgIpc) is 2.66. The van der Waals surface area contributed by atoms with E-state index < -0.39 is 0 Å². The summed E-state index contributed by atoms with van der Waals surface area (Å²) in [5.74, 6) is 0. The molecule has 0 heterocycles. The first-order valence-electron chi connectivity index (χ1n) is 12.9. The summed E-state index contributed by atoms with van der Waals surface area (Å²) in [6, 6.07) is 0.281. The molecule has 28 heavy (non-hydrogen) atoms. The molecular weight excluding hydrogens is 340 g/mol. The van der Waals surface area contributed by atoms with Gasteiger partial charge in [0.2, 0.25) is 0 Å². The van der Waals surface area contributed by atoms with Crippen LogP contribution in [0, 0.1) is 0 Å². The molecule has 0 saturated heterocycles. The molecule has 0 radical (unpaired) electrons. The molecule has 0 spiro atoms. The van der Waals surface area contributed by atoms with Crippen LogP contribution < -0.4 is 5.73 Å². The summed E-state index contributed by atoms with van der Waals surface area (Å²) < 4.78 is 1.04. The third kappa shape index (κ3) is 12.5. The van der Waals surface area contributed by atoms with Crippen LogP contribution in [-0.2, 0) is 0 Å². The maximum atomic E-state index is 6.38. The molecule has 170 valence electrons. The molecule has 0 aliphatic carbocycles. The zero-order chi connectivity index (χ0) is 21.3. The summed E-state index contributed by atoms with van der Waals surface area (Å²) in [5.41, 5.74) is 6.54. The van der Waals surface area contributed by atoms with Crippen LogP contribution in [0.5, 0.6) is 0 Å². The first-order chi connectivity index (χ1) is 13.3. The van der Waals surface area contributed by atoms with Crippen LogP contribution in [0.25, 0.3) is 0 Å². The Morgan fingerprint density at radius 2 is 0.929 bits per heavy atom. The largest absolute Gasteiger partial charge is 0.323 e. The quantitative estimate of drug-likeness (QED) is 0.164. The van der Waals surface area contributed by atoms with Gasteiger partial charge >= 0.3 is 0 Å². The number of hydrogen-bond acceptors (Lipinski definition) is 1. The number of rotatable bonds is 20. The summed E-state index contributed by atoms with van der Waals surface area (Å²) in [6.07, 6.45) is 24.1. The third-order valence-corrected chi connectivity index (χ3v) is 7.48. The van der Waals surface area contributed by atoms with Crippen molar-refractivity contribution in [1.29, 1.82) is 0 Å². The van der Waals surface area contributed by atoms with E-state index in [4.69, 9.17) is 5.73 Å². The molecule has 0 rings (SSSR count). The van der Waals surface area contributed by atoms with Gasteiger partial charge in [0.05, 0.1) is 26.7 Å². The number of nitrogens with zero attached hydrogens (tertiary/aromatic N) is 1. The van der Waals surface area contributed by atoms with Crippen LogP contribution in [0.4, 0.5) is 0 Å². The second-order valence-electron chi connectivity index (χ2n) is 10.4. The van der Waals surface area contributed by atoms with Crippen molar-refractivity contribution in [3.63, 3.8) is 0 Å². The summed E-state index contributed by atoms with van der Waals surface area (Å²) >= 11 is 0. The molecule has 1 atom stereocenters. The van der Waals surface area contributed by atoms with E-state index in [-0.39, 0.29) is 11.6 Å². The lowest BCUT2D eigenvalue weighted by Gasteiger charge is -2.47. The summed E-state index contributed by atoms with van der Waals surface area (Å²) in [7, 11) is 4.72. The Morgan fingerprint density at radius 3 is 1.25 bits per heavy atom. The highest BCUT2D eigenvalue weighted by molar-refractivity contribution is 4.82. The Hall–Kier alpha value is -0.0800. The van der Waals surface area contributed by atoms with Gasteiger partial charge in [-0.05, 0) is 33.1 Å². The van der Waals surface area contributed by atoms with Crippen molar-refractivity contribution in [3.05, 3.63) is 0 Å². The normalized spacial score (nSPS) is 13.8. The van der Waals surface area contributed by atoms with Crippen molar-refractivity contribution < 1.29 is 4.48 Å². The Kier molecular flexibility index (Phi) is 16.6. The van der Waals surface area contributed by atoms with Crippen molar-refractivity contribution in [1.82, 2.24) is 0 Å². The highest BCUT2D eigenvalue weighted by Gasteiger charge is 2.40. The van der Waals surface area contributed by atoms with E-state index in [0.29, 0.717) is 0 Å². The first-order valence-corrected chi connectivity index (χ1v) is 12.9. The maximum Gasteiger partial charge on any atom is 0.108 e. The second-order valence-corrected chi connectivity index (χ2v) is 10.4. The van der Waals surface area contributed by atoms with E-state index >= 15 is 0 Å². The van der Waals surface area contributed by atoms with Gasteiger partial charge in [0.15, 0.2) is 0 Å². The zero-order valence-electron chi connectivity index (χ0n) is 20.8. The second kappa shape index (κ2) is 16.7. The fourth-order valence-corrected chi connectivity index (χ4v) is 4.29. The van der Waals surface area contributed by atoms with E-state index in [1.165, 1.54) is 109 Å². The molecule has 0 amide bonds. The molecule has 2 heteroatoms. The lowest BCUT2D eigenvalue weighted by atomic mass is 9.89. The Labute approximate surface area is 179 Å². The molecule has 2 nitrogen and oxygen atoms in total. The molecule has 0 bridgehead atoms. The van der Waals surface area contributed by atoms with E-state index in [1.54, 1.807) is 0 Å². The van der Waals surface area contributed by atoms with E-state index in [9.17, 15) is 0 Å². The van der Waals surface area contributed by atoms with Gasteiger partial charge in [-0.2, -0.15) is 0 Å². The fourth-order valence-electron chi connectivity index (χ4n) is 4.29. The van der Waals surface area contributed by atoms with Crippen LogP contribution in [0.1, 0.15) is 137 Å². The number of hydrogen-bond donors (Lipinski definition) is 1. The number of nitrogens with two attached hydrogens (primary N) is 1. The third-order valence-electron chi connectivity index (χ3n) is 7.48. The predicted molar refractivity (Wildman–Crippen MR) is 129 cm³/mol. The van der Waals surface area contributed by atoms with Gasteiger partial charge < -0.3 is 10.2 Å². The number of quaternary nitrogens is 1. The Morgan fingerprint density at radius 1 is 0.607 bits per heavy atom. The molecule has 0 aromatic heterocycles. The minimum absolute atomic E-state index is 0.157. The molecule has 1 unspecified atom stereocenters. The van der Waals surface area contributed by atoms with Crippen molar-refractivity contribution >= 4 is 0 Å². The topological polar surface area (TPSA) is 26.0 Å². The van der Waals surface area contributed by atoms with Gasteiger partial charge in [-0.1, -0.05) is 104 Å². The van der Waals surface area contributed by atoms with Gasteiger partial charge in [0.1, 0.15) is 5.54 Å². The lowest BCUT2D eigenvalue weighted by molar-refractivity contribution is -0.939. The SMILES string of the molecule is CCCCCCCCCCCCCCCCCC[N+](C)(C)C(C)(C)C(N)CC. The summed E-state index contributed by atoms with van der Waals surface area (Å²) in [5, 5.41) is 0. The average molecular weight is 398 g/mol. The maximum absolute atomic E-state index is 6.38. The van der Waals surface area contributed by atoms with Crippen LogP contribution >= 0.6 is 0 Å². The zero-order valence-corrected chi connectivity index (χ0v) is 20.8. The molecule has 0 aliphatic rings. The van der Waals surface area contributed by atoms with Gasteiger partial charge in [-0.15, -0.1) is 0 Å². The molecule has 0 aliphatic heterocycles. The van der Waals surface area contributed by atoms with Crippen molar-refractivity contribution in [2.75, 3.05) is 20.6 Å². The van der Waals surface area contributed by atoms with Gasteiger partial charge in [-0.3, -0.25) is 0 Å². The first kappa shape index (κ1) is 27.9. The standard InChI is InChI=1S/C26H57N2/c1-7-9-10-11-12-13-14-15-16-17-18-19-20-21-22-23-24-28(5,6)26(3,4)25(27)8-2/h25H,7-24,27H2,1-6H3/q+1. The van der Waals surface area contributed by atoms with Crippen molar-refractivity contribution in [3.8, 4) is 0 Å². The van der Waals surface area contributed by atoms with Crippen LogP contribution in [0.15, 0.2) is 0 Å². The van der Waals surface area contributed by atoms with Crippen LogP contribution in [0.2, 0.25) is 0 Å². The van der Waals surface area contributed by atoms with E-state index in [0.717, 1.165) is 10.9 Å². The molecule has 2 N–H and O–H groups in total. The van der Waals surface area contributed by atoms with Gasteiger partial charge in [-0.25, -0.2) is 0 Å². The molecule has 0 fully saturated rings. The van der Waals surface area contributed by atoms with Crippen molar-refractivity contribution in [2.24, 2.45) is 5.73 Å². The van der Waals surface area contributed by atoms with Gasteiger partial charge in [0.25, 0.3) is 0 Å². The summed E-state index contributed by atoms with van der Waals surface area (Å²) in [4.78, 5) is 0. The highest BCUT2D eigenvalue weighted by Crippen LogP contribution is 2.26.